The maximum Gasteiger partial charge on any atom is 0.242 e. The lowest BCUT2D eigenvalue weighted by molar-refractivity contribution is 0.329. The van der Waals surface area contributed by atoms with Gasteiger partial charge in [-0.15, -0.1) is 5.10 Å². The molecule has 1 aliphatic rings. The maximum atomic E-state index is 13.1. The van der Waals surface area contributed by atoms with Crippen LogP contribution in [0, 0.1) is 11.6 Å². The quantitative estimate of drug-likeness (QED) is 0.935. The van der Waals surface area contributed by atoms with Crippen LogP contribution in [-0.4, -0.2) is 14.8 Å². The second-order valence-corrected chi connectivity index (χ2v) is 5.47. The third kappa shape index (κ3) is 3.56. The largest absolute Gasteiger partial charge is 0.349 e. The normalized spacial score (nSPS) is 16.1. The number of nitrogens with zero attached hydrogens (tertiary/aromatic N) is 3. The first-order valence-corrected chi connectivity index (χ1v) is 7.31. The summed E-state index contributed by atoms with van der Waals surface area (Å²) in [6, 6.07) is 3.88. The van der Waals surface area contributed by atoms with Gasteiger partial charge in [0.05, 0.1) is 6.04 Å². The summed E-state index contributed by atoms with van der Waals surface area (Å²) < 4.78 is 28.1. The maximum absolute atomic E-state index is 13.1. The molecule has 0 amide bonds. The molecule has 112 valence electrons. The molecule has 6 heteroatoms. The lowest BCUT2D eigenvalue weighted by Crippen LogP contribution is -2.13. The summed E-state index contributed by atoms with van der Waals surface area (Å²) in [5, 5.41) is 7.40. The van der Waals surface area contributed by atoms with Crippen molar-refractivity contribution in [2.24, 2.45) is 0 Å². The molecule has 1 N–H and O–H groups in total. The van der Waals surface area contributed by atoms with E-state index >= 15 is 0 Å². The second kappa shape index (κ2) is 6.20. The molecule has 0 spiro atoms. The van der Waals surface area contributed by atoms with E-state index in [0.29, 0.717) is 24.1 Å². The molecule has 0 atom stereocenters. The number of hydrogen-bond donors (Lipinski definition) is 1. The monoisotopic (exact) mass is 292 g/mol. The smallest absolute Gasteiger partial charge is 0.242 e. The predicted octanol–water partition coefficient (Wildman–Crippen LogP) is 3.67. The molecule has 21 heavy (non-hydrogen) atoms. The lowest BCUT2D eigenvalue weighted by Gasteiger charge is -2.21. The predicted molar refractivity (Wildman–Crippen MR) is 75.8 cm³/mol. The Labute approximate surface area is 122 Å². The number of rotatable bonds is 4. The molecule has 2 aromatic rings. The van der Waals surface area contributed by atoms with E-state index in [0.717, 1.165) is 18.9 Å². The van der Waals surface area contributed by atoms with Gasteiger partial charge in [0.25, 0.3) is 0 Å². The van der Waals surface area contributed by atoms with E-state index in [1.807, 2.05) is 4.68 Å². The number of hydrogen-bond acceptors (Lipinski definition) is 3. The van der Waals surface area contributed by atoms with Crippen LogP contribution >= 0.6 is 0 Å². The van der Waals surface area contributed by atoms with Crippen molar-refractivity contribution in [3.63, 3.8) is 0 Å². The van der Waals surface area contributed by atoms with Crippen molar-refractivity contribution < 1.29 is 8.78 Å². The van der Waals surface area contributed by atoms with Crippen molar-refractivity contribution >= 4 is 5.95 Å². The summed E-state index contributed by atoms with van der Waals surface area (Å²) in [6.07, 6.45) is 7.76. The Hall–Kier alpha value is -1.98. The van der Waals surface area contributed by atoms with Gasteiger partial charge in [-0.05, 0) is 30.5 Å². The average molecular weight is 292 g/mol. The molecular formula is C15H18F2N4. The van der Waals surface area contributed by atoms with E-state index in [4.69, 9.17) is 0 Å². The van der Waals surface area contributed by atoms with Gasteiger partial charge < -0.3 is 5.32 Å². The molecule has 0 saturated heterocycles. The fraction of sp³-hybridized carbons (Fsp3) is 0.467. The third-order valence-corrected chi connectivity index (χ3v) is 3.83. The number of anilines is 1. The van der Waals surface area contributed by atoms with Crippen LogP contribution in [0.3, 0.4) is 0 Å². The van der Waals surface area contributed by atoms with Crippen LogP contribution in [0.4, 0.5) is 14.7 Å². The topological polar surface area (TPSA) is 42.7 Å². The highest BCUT2D eigenvalue weighted by Gasteiger charge is 2.16. The summed E-state index contributed by atoms with van der Waals surface area (Å²) in [7, 11) is 0. The number of aromatic nitrogens is 3. The van der Waals surface area contributed by atoms with Crippen LogP contribution in [0.25, 0.3) is 0 Å². The Morgan fingerprint density at radius 1 is 1.10 bits per heavy atom. The van der Waals surface area contributed by atoms with Crippen molar-refractivity contribution in [2.75, 3.05) is 5.32 Å². The first-order valence-electron chi connectivity index (χ1n) is 7.31. The van der Waals surface area contributed by atoms with Crippen LogP contribution in [0.5, 0.6) is 0 Å². The first-order chi connectivity index (χ1) is 10.2. The average Bonchev–Trinajstić information content (AvgIpc) is 2.94. The molecule has 3 rings (SSSR count). The second-order valence-electron chi connectivity index (χ2n) is 5.47. The molecule has 1 aromatic carbocycles. The Kier molecular flexibility index (Phi) is 4.13. The van der Waals surface area contributed by atoms with E-state index in [9.17, 15) is 8.78 Å². The Balaban J connectivity index is 1.61. The fourth-order valence-electron chi connectivity index (χ4n) is 2.77. The van der Waals surface area contributed by atoms with E-state index < -0.39 is 11.6 Å². The number of benzene rings is 1. The zero-order valence-electron chi connectivity index (χ0n) is 11.7. The van der Waals surface area contributed by atoms with Gasteiger partial charge >= 0.3 is 0 Å². The van der Waals surface area contributed by atoms with Gasteiger partial charge in [0.1, 0.15) is 18.0 Å². The van der Waals surface area contributed by atoms with Crippen LogP contribution in [0.2, 0.25) is 0 Å². The number of halogens is 2. The molecular weight excluding hydrogens is 274 g/mol. The van der Waals surface area contributed by atoms with Crippen LogP contribution in [0.1, 0.15) is 43.7 Å². The van der Waals surface area contributed by atoms with Crippen LogP contribution < -0.4 is 5.32 Å². The van der Waals surface area contributed by atoms with Crippen molar-refractivity contribution in [3.05, 3.63) is 41.7 Å². The Morgan fingerprint density at radius 3 is 2.52 bits per heavy atom. The van der Waals surface area contributed by atoms with Crippen molar-refractivity contribution in [1.82, 2.24) is 14.8 Å². The van der Waals surface area contributed by atoms with E-state index in [1.165, 1.54) is 31.4 Å². The molecule has 0 unspecified atom stereocenters. The minimum absolute atomic E-state index is 0.295. The van der Waals surface area contributed by atoms with Crippen LogP contribution in [0.15, 0.2) is 24.5 Å². The molecule has 0 aliphatic heterocycles. The van der Waals surface area contributed by atoms with E-state index in [2.05, 4.69) is 15.4 Å². The van der Waals surface area contributed by atoms with Crippen LogP contribution in [-0.2, 0) is 6.54 Å². The molecule has 1 heterocycles. The minimum Gasteiger partial charge on any atom is -0.349 e. The van der Waals surface area contributed by atoms with Gasteiger partial charge in [0, 0.05) is 12.6 Å². The van der Waals surface area contributed by atoms with E-state index in [-0.39, 0.29) is 0 Å². The summed E-state index contributed by atoms with van der Waals surface area (Å²) in [5.74, 6) is -0.662. The molecule has 1 aliphatic carbocycles. The van der Waals surface area contributed by atoms with Gasteiger partial charge in [-0.3, -0.25) is 0 Å². The van der Waals surface area contributed by atoms with Crippen molar-refractivity contribution in [2.45, 2.75) is 44.7 Å². The van der Waals surface area contributed by atoms with Gasteiger partial charge in [0.15, 0.2) is 0 Å². The summed E-state index contributed by atoms with van der Waals surface area (Å²) >= 11 is 0. The van der Waals surface area contributed by atoms with Crippen molar-refractivity contribution in [1.29, 1.82) is 0 Å². The molecule has 0 bridgehead atoms. The summed E-state index contributed by atoms with van der Waals surface area (Å²) in [4.78, 5) is 4.20. The first kappa shape index (κ1) is 14.0. The molecule has 1 fully saturated rings. The fourth-order valence-corrected chi connectivity index (χ4v) is 2.77. The lowest BCUT2D eigenvalue weighted by atomic mass is 9.96. The standard InChI is InChI=1S/C15H18F2N4/c16-12-6-11(7-13(17)8-12)9-18-15-19-10-21(20-15)14-4-2-1-3-5-14/h6-8,10,14H,1-5,9H2,(H,18,20). The zero-order chi connectivity index (χ0) is 14.7. The van der Waals surface area contributed by atoms with Gasteiger partial charge in [0.2, 0.25) is 5.95 Å². The molecule has 1 saturated carbocycles. The molecule has 4 nitrogen and oxygen atoms in total. The highest BCUT2D eigenvalue weighted by atomic mass is 19.1. The highest BCUT2D eigenvalue weighted by molar-refractivity contribution is 5.26. The molecule has 0 radical (unpaired) electrons. The Morgan fingerprint density at radius 2 is 1.81 bits per heavy atom. The minimum atomic E-state index is -0.576. The Bertz CT molecular complexity index is 585. The summed E-state index contributed by atoms with van der Waals surface area (Å²) in [6.45, 7) is 0.295. The number of nitrogens with one attached hydrogen (secondary N) is 1. The third-order valence-electron chi connectivity index (χ3n) is 3.83. The molecule has 1 aromatic heterocycles. The van der Waals surface area contributed by atoms with E-state index in [1.54, 1.807) is 6.33 Å². The van der Waals surface area contributed by atoms with Gasteiger partial charge in [-0.1, -0.05) is 19.3 Å². The van der Waals surface area contributed by atoms with Gasteiger partial charge in [-0.25, -0.2) is 18.4 Å². The van der Waals surface area contributed by atoms with Gasteiger partial charge in [-0.2, -0.15) is 0 Å². The SMILES string of the molecule is Fc1cc(F)cc(CNc2ncn(C3CCCCC3)n2)c1. The highest BCUT2D eigenvalue weighted by Crippen LogP contribution is 2.27. The van der Waals surface area contributed by atoms with Crippen molar-refractivity contribution in [3.8, 4) is 0 Å². The zero-order valence-corrected chi connectivity index (χ0v) is 11.7. The summed E-state index contributed by atoms with van der Waals surface area (Å²) in [5.41, 5.74) is 0.529.